The Labute approximate surface area is 109 Å². The van der Waals surface area contributed by atoms with Crippen LogP contribution in [0.1, 0.15) is 66.7 Å². The van der Waals surface area contributed by atoms with Gasteiger partial charge in [0.2, 0.25) is 0 Å². The highest BCUT2D eigenvalue weighted by Gasteiger charge is 2.09. The summed E-state index contributed by atoms with van der Waals surface area (Å²) in [5.41, 5.74) is 0. The van der Waals surface area contributed by atoms with Gasteiger partial charge in [0.15, 0.2) is 0 Å². The molecule has 0 fully saturated rings. The summed E-state index contributed by atoms with van der Waals surface area (Å²) in [4.78, 5) is 2.49. The van der Waals surface area contributed by atoms with E-state index in [0.29, 0.717) is 12.1 Å². The highest BCUT2D eigenvalue weighted by Crippen LogP contribution is 2.06. The Bertz CT molecular complexity index is 155. The zero-order valence-corrected chi connectivity index (χ0v) is 12.8. The number of nitrogens with one attached hydrogen (secondary N) is 1. The van der Waals surface area contributed by atoms with E-state index in [1.54, 1.807) is 0 Å². The molecule has 2 atom stereocenters. The van der Waals surface area contributed by atoms with E-state index < -0.39 is 0 Å². The third kappa shape index (κ3) is 9.61. The van der Waals surface area contributed by atoms with Gasteiger partial charge in [0.25, 0.3) is 0 Å². The van der Waals surface area contributed by atoms with Crippen molar-refractivity contribution in [3.63, 3.8) is 0 Å². The molecule has 0 aromatic heterocycles. The van der Waals surface area contributed by atoms with Gasteiger partial charge in [0.1, 0.15) is 0 Å². The van der Waals surface area contributed by atoms with E-state index in [9.17, 15) is 0 Å². The van der Waals surface area contributed by atoms with E-state index in [-0.39, 0.29) is 0 Å². The van der Waals surface area contributed by atoms with Crippen LogP contribution in [-0.4, -0.2) is 36.6 Å². The van der Waals surface area contributed by atoms with E-state index in [1.807, 2.05) is 0 Å². The van der Waals surface area contributed by atoms with Crippen LogP contribution in [0.4, 0.5) is 0 Å². The molecule has 0 heterocycles. The predicted molar refractivity (Wildman–Crippen MR) is 78.6 cm³/mol. The lowest BCUT2D eigenvalue weighted by molar-refractivity contribution is 0.260. The van der Waals surface area contributed by atoms with Gasteiger partial charge in [-0.1, -0.05) is 46.5 Å². The Morgan fingerprint density at radius 3 is 2.06 bits per heavy atom. The van der Waals surface area contributed by atoms with Crippen molar-refractivity contribution in [2.45, 2.75) is 78.8 Å². The molecule has 0 bridgehead atoms. The highest BCUT2D eigenvalue weighted by molar-refractivity contribution is 4.71. The van der Waals surface area contributed by atoms with Crippen molar-refractivity contribution >= 4 is 0 Å². The maximum Gasteiger partial charge on any atom is 0.0169 e. The second-order valence-electron chi connectivity index (χ2n) is 5.30. The maximum absolute atomic E-state index is 3.71. The van der Waals surface area contributed by atoms with Crippen LogP contribution in [0.3, 0.4) is 0 Å². The third-order valence-electron chi connectivity index (χ3n) is 3.49. The van der Waals surface area contributed by atoms with Crippen LogP contribution >= 0.6 is 0 Å². The largest absolute Gasteiger partial charge is 0.311 e. The summed E-state index contributed by atoms with van der Waals surface area (Å²) in [5, 5.41) is 3.71. The first-order chi connectivity index (χ1) is 8.13. The number of nitrogens with zero attached hydrogens (tertiary/aromatic N) is 1. The first-order valence-corrected chi connectivity index (χ1v) is 7.62. The molecule has 0 aromatic carbocycles. The lowest BCUT2D eigenvalue weighted by Gasteiger charge is -2.26. The molecule has 1 N–H and O–H groups in total. The van der Waals surface area contributed by atoms with Crippen LogP contribution in [0.25, 0.3) is 0 Å². The van der Waals surface area contributed by atoms with Crippen molar-refractivity contribution in [3.8, 4) is 0 Å². The van der Waals surface area contributed by atoms with Gasteiger partial charge in [-0.05, 0) is 33.4 Å². The minimum atomic E-state index is 0.607. The van der Waals surface area contributed by atoms with Crippen molar-refractivity contribution in [2.24, 2.45) is 0 Å². The topological polar surface area (TPSA) is 15.3 Å². The fourth-order valence-corrected chi connectivity index (χ4v) is 2.37. The van der Waals surface area contributed by atoms with Gasteiger partial charge in [-0.2, -0.15) is 0 Å². The Hall–Kier alpha value is -0.0800. The number of unbranched alkanes of at least 4 members (excludes halogenated alkanes) is 3. The fourth-order valence-electron chi connectivity index (χ4n) is 2.37. The average molecular weight is 242 g/mol. The molecule has 0 aliphatic rings. The van der Waals surface area contributed by atoms with E-state index in [1.165, 1.54) is 38.6 Å². The summed E-state index contributed by atoms with van der Waals surface area (Å²) in [6.07, 6.45) is 6.82. The molecule has 0 saturated heterocycles. The molecule has 0 spiro atoms. The molecule has 17 heavy (non-hydrogen) atoms. The van der Waals surface area contributed by atoms with Crippen molar-refractivity contribution in [3.05, 3.63) is 0 Å². The molecule has 0 rings (SSSR count). The number of likely N-dealkylation sites (N-methyl/N-ethyl adjacent to an activating group) is 1. The van der Waals surface area contributed by atoms with Crippen molar-refractivity contribution in [1.29, 1.82) is 0 Å². The van der Waals surface area contributed by atoms with Crippen molar-refractivity contribution in [1.82, 2.24) is 10.2 Å². The first-order valence-electron chi connectivity index (χ1n) is 7.62. The van der Waals surface area contributed by atoms with Crippen molar-refractivity contribution < 1.29 is 0 Å². The van der Waals surface area contributed by atoms with Crippen LogP contribution in [0.15, 0.2) is 0 Å². The minimum absolute atomic E-state index is 0.607. The molecule has 2 heteroatoms. The van der Waals surface area contributed by atoms with E-state index in [2.05, 4.69) is 44.8 Å². The summed E-state index contributed by atoms with van der Waals surface area (Å²) in [6, 6.07) is 1.27. The maximum atomic E-state index is 3.71. The van der Waals surface area contributed by atoms with E-state index in [4.69, 9.17) is 0 Å². The standard InChI is InChI=1S/C15H34N2/c1-6-9-10-11-12-14(4)16-15(5)13-17(7-2)8-3/h14-16H,6-13H2,1-5H3. The molecule has 0 aliphatic heterocycles. The van der Waals surface area contributed by atoms with Crippen LogP contribution in [0.5, 0.6) is 0 Å². The van der Waals surface area contributed by atoms with Gasteiger partial charge in [-0.25, -0.2) is 0 Å². The zero-order valence-electron chi connectivity index (χ0n) is 12.8. The lowest BCUT2D eigenvalue weighted by Crippen LogP contribution is -2.42. The molecule has 2 unspecified atom stereocenters. The fraction of sp³-hybridized carbons (Fsp3) is 1.00. The van der Waals surface area contributed by atoms with Gasteiger partial charge >= 0.3 is 0 Å². The molecular formula is C15H34N2. The van der Waals surface area contributed by atoms with Gasteiger partial charge in [0, 0.05) is 18.6 Å². The van der Waals surface area contributed by atoms with Gasteiger partial charge in [-0.15, -0.1) is 0 Å². The molecule has 104 valence electrons. The Balaban J connectivity index is 3.60. The smallest absolute Gasteiger partial charge is 0.0169 e. The molecule has 0 amide bonds. The van der Waals surface area contributed by atoms with Gasteiger partial charge in [-0.3, -0.25) is 0 Å². The Morgan fingerprint density at radius 2 is 1.53 bits per heavy atom. The average Bonchev–Trinajstić information content (AvgIpc) is 2.31. The van der Waals surface area contributed by atoms with Crippen LogP contribution in [-0.2, 0) is 0 Å². The molecule has 0 aromatic rings. The number of hydrogen-bond donors (Lipinski definition) is 1. The second kappa shape index (κ2) is 11.0. The molecule has 2 nitrogen and oxygen atoms in total. The summed E-state index contributed by atoms with van der Waals surface area (Å²) in [5.74, 6) is 0. The van der Waals surface area contributed by atoms with E-state index >= 15 is 0 Å². The van der Waals surface area contributed by atoms with E-state index in [0.717, 1.165) is 13.1 Å². The van der Waals surface area contributed by atoms with Crippen molar-refractivity contribution in [2.75, 3.05) is 19.6 Å². The van der Waals surface area contributed by atoms with Gasteiger partial charge < -0.3 is 10.2 Å². The third-order valence-corrected chi connectivity index (χ3v) is 3.49. The highest BCUT2D eigenvalue weighted by atomic mass is 15.1. The molecular weight excluding hydrogens is 208 g/mol. The number of rotatable bonds is 11. The van der Waals surface area contributed by atoms with Crippen LogP contribution < -0.4 is 5.32 Å². The SMILES string of the molecule is CCCCCCC(C)NC(C)CN(CC)CC. The summed E-state index contributed by atoms with van der Waals surface area (Å²) < 4.78 is 0. The quantitative estimate of drug-likeness (QED) is 0.556. The summed E-state index contributed by atoms with van der Waals surface area (Å²) in [6.45, 7) is 14.9. The first kappa shape index (κ1) is 16.9. The van der Waals surface area contributed by atoms with Crippen LogP contribution in [0, 0.1) is 0 Å². The minimum Gasteiger partial charge on any atom is -0.311 e. The normalized spacial score (nSPS) is 15.2. The Kier molecular flexibility index (Phi) is 11.0. The lowest BCUT2D eigenvalue weighted by atomic mass is 10.1. The number of hydrogen-bond acceptors (Lipinski definition) is 2. The second-order valence-corrected chi connectivity index (χ2v) is 5.30. The predicted octanol–water partition coefficient (Wildman–Crippen LogP) is 3.67. The monoisotopic (exact) mass is 242 g/mol. The Morgan fingerprint density at radius 1 is 0.882 bits per heavy atom. The summed E-state index contributed by atoms with van der Waals surface area (Å²) in [7, 11) is 0. The van der Waals surface area contributed by atoms with Crippen LogP contribution in [0.2, 0.25) is 0 Å². The zero-order chi connectivity index (χ0) is 13.1. The molecule has 0 radical (unpaired) electrons. The molecule has 0 saturated carbocycles. The molecule has 0 aliphatic carbocycles. The van der Waals surface area contributed by atoms with Gasteiger partial charge in [0.05, 0.1) is 0 Å². The summed E-state index contributed by atoms with van der Waals surface area (Å²) >= 11 is 0.